The summed E-state index contributed by atoms with van der Waals surface area (Å²) in [7, 11) is 0. The van der Waals surface area contributed by atoms with Gasteiger partial charge < -0.3 is 5.32 Å². The molecule has 1 N–H and O–H groups in total. The Labute approximate surface area is 115 Å². The number of nitrogens with one attached hydrogen (secondary N) is 1. The van der Waals surface area contributed by atoms with E-state index in [-0.39, 0.29) is 0 Å². The van der Waals surface area contributed by atoms with Crippen molar-refractivity contribution in [3.05, 3.63) is 0 Å². The third-order valence-electron chi connectivity index (χ3n) is 5.33. The van der Waals surface area contributed by atoms with Gasteiger partial charge in [0, 0.05) is 30.2 Å². The van der Waals surface area contributed by atoms with E-state index in [0.29, 0.717) is 17.1 Å². The van der Waals surface area contributed by atoms with Gasteiger partial charge in [-0.05, 0) is 39.0 Å². The predicted octanol–water partition coefficient (Wildman–Crippen LogP) is 3.66. The summed E-state index contributed by atoms with van der Waals surface area (Å²) in [4.78, 5) is 2.78. The van der Waals surface area contributed by atoms with Gasteiger partial charge in [0.15, 0.2) is 0 Å². The van der Waals surface area contributed by atoms with Crippen LogP contribution in [-0.4, -0.2) is 35.1 Å². The molecule has 0 amide bonds. The average Bonchev–Trinajstić information content (AvgIpc) is 2.37. The first-order chi connectivity index (χ1) is 8.32. The van der Waals surface area contributed by atoms with Crippen LogP contribution < -0.4 is 5.32 Å². The minimum absolute atomic E-state index is 0.312. The van der Waals surface area contributed by atoms with Crippen LogP contribution in [0.3, 0.4) is 0 Å². The lowest BCUT2D eigenvalue weighted by molar-refractivity contribution is -0.0222. The first-order valence-corrected chi connectivity index (χ1v) is 7.83. The molecule has 0 radical (unpaired) electrons. The molecule has 0 spiro atoms. The van der Waals surface area contributed by atoms with Gasteiger partial charge in [0.25, 0.3) is 0 Å². The van der Waals surface area contributed by atoms with Gasteiger partial charge in [0.2, 0.25) is 0 Å². The molecule has 0 aromatic heterocycles. The lowest BCUT2D eigenvalue weighted by Crippen LogP contribution is -2.69. The maximum absolute atomic E-state index is 3.85. The van der Waals surface area contributed by atoms with E-state index in [1.807, 2.05) is 0 Å². The number of piperazine rings is 1. The van der Waals surface area contributed by atoms with Crippen LogP contribution in [0.5, 0.6) is 0 Å². The van der Waals surface area contributed by atoms with Crippen LogP contribution in [0.2, 0.25) is 0 Å². The standard InChI is InChI=1S/C16H34N2/c1-8-15(6,7)18-12-16(9-2,10-3)17-11-14(18)13(4)5/h13-14,17H,8-12H2,1-7H3. The molecule has 0 aromatic rings. The number of hydrogen-bond donors (Lipinski definition) is 1. The molecular formula is C16H34N2. The second kappa shape index (κ2) is 5.92. The van der Waals surface area contributed by atoms with Crippen molar-refractivity contribution in [1.82, 2.24) is 10.2 Å². The fourth-order valence-electron chi connectivity index (χ4n) is 3.12. The lowest BCUT2D eigenvalue weighted by Gasteiger charge is -2.54. The summed E-state index contributed by atoms with van der Waals surface area (Å²) in [5, 5.41) is 3.85. The Hall–Kier alpha value is -0.0800. The second-order valence-corrected chi connectivity index (χ2v) is 6.97. The summed E-state index contributed by atoms with van der Waals surface area (Å²) in [5.74, 6) is 0.718. The van der Waals surface area contributed by atoms with E-state index >= 15 is 0 Å². The van der Waals surface area contributed by atoms with Gasteiger partial charge in [-0.3, -0.25) is 4.90 Å². The van der Waals surface area contributed by atoms with E-state index in [4.69, 9.17) is 0 Å². The van der Waals surface area contributed by atoms with Crippen LogP contribution in [0.25, 0.3) is 0 Å². The van der Waals surface area contributed by atoms with Crippen LogP contribution in [0.1, 0.15) is 67.7 Å². The molecule has 0 saturated carbocycles. The minimum atomic E-state index is 0.312. The fraction of sp³-hybridized carbons (Fsp3) is 1.00. The normalized spacial score (nSPS) is 25.7. The zero-order valence-corrected chi connectivity index (χ0v) is 13.6. The minimum Gasteiger partial charge on any atom is -0.308 e. The Kier molecular flexibility index (Phi) is 5.25. The molecule has 1 aliphatic heterocycles. The summed E-state index contributed by atoms with van der Waals surface area (Å²) in [6.07, 6.45) is 3.68. The van der Waals surface area contributed by atoms with Crippen molar-refractivity contribution in [3.8, 4) is 0 Å². The summed E-state index contributed by atoms with van der Waals surface area (Å²) in [6.45, 7) is 18.8. The molecule has 2 heteroatoms. The molecule has 0 aliphatic carbocycles. The molecule has 108 valence electrons. The largest absolute Gasteiger partial charge is 0.308 e. The molecule has 0 bridgehead atoms. The topological polar surface area (TPSA) is 15.3 Å². The van der Waals surface area contributed by atoms with Crippen molar-refractivity contribution < 1.29 is 0 Å². The lowest BCUT2D eigenvalue weighted by atomic mass is 9.82. The quantitative estimate of drug-likeness (QED) is 0.805. The molecule has 1 unspecified atom stereocenters. The van der Waals surface area contributed by atoms with Gasteiger partial charge in [-0.2, -0.15) is 0 Å². The molecule has 1 rings (SSSR count). The highest BCUT2D eigenvalue weighted by atomic mass is 15.3. The van der Waals surface area contributed by atoms with Crippen molar-refractivity contribution in [3.63, 3.8) is 0 Å². The van der Waals surface area contributed by atoms with Crippen LogP contribution in [0.15, 0.2) is 0 Å². The van der Waals surface area contributed by atoms with Gasteiger partial charge in [-0.25, -0.2) is 0 Å². The van der Waals surface area contributed by atoms with Gasteiger partial charge in [0.05, 0.1) is 0 Å². The van der Waals surface area contributed by atoms with Gasteiger partial charge in [-0.15, -0.1) is 0 Å². The Balaban J connectivity index is 2.96. The van der Waals surface area contributed by atoms with Crippen molar-refractivity contribution in [2.45, 2.75) is 84.8 Å². The van der Waals surface area contributed by atoms with Crippen molar-refractivity contribution >= 4 is 0 Å². The number of nitrogens with zero attached hydrogens (tertiary/aromatic N) is 1. The van der Waals surface area contributed by atoms with E-state index in [1.165, 1.54) is 25.8 Å². The average molecular weight is 254 g/mol. The van der Waals surface area contributed by atoms with Crippen molar-refractivity contribution in [2.24, 2.45) is 5.92 Å². The number of hydrogen-bond acceptors (Lipinski definition) is 2. The molecule has 1 aliphatic rings. The Morgan fingerprint density at radius 1 is 1.22 bits per heavy atom. The third kappa shape index (κ3) is 3.08. The third-order valence-corrected chi connectivity index (χ3v) is 5.33. The highest BCUT2D eigenvalue weighted by Gasteiger charge is 2.42. The summed E-state index contributed by atoms with van der Waals surface area (Å²) >= 11 is 0. The monoisotopic (exact) mass is 254 g/mol. The molecule has 1 saturated heterocycles. The smallest absolute Gasteiger partial charge is 0.0304 e. The van der Waals surface area contributed by atoms with Crippen LogP contribution in [0, 0.1) is 5.92 Å². The Bertz CT molecular complexity index is 254. The van der Waals surface area contributed by atoms with Crippen LogP contribution in [-0.2, 0) is 0 Å². The summed E-state index contributed by atoms with van der Waals surface area (Å²) in [5.41, 5.74) is 0.643. The van der Waals surface area contributed by atoms with Crippen molar-refractivity contribution in [1.29, 1.82) is 0 Å². The zero-order valence-electron chi connectivity index (χ0n) is 13.6. The number of rotatable bonds is 5. The molecule has 18 heavy (non-hydrogen) atoms. The molecular weight excluding hydrogens is 220 g/mol. The van der Waals surface area contributed by atoms with Gasteiger partial charge in [-0.1, -0.05) is 34.6 Å². The van der Waals surface area contributed by atoms with Crippen LogP contribution in [0.4, 0.5) is 0 Å². The molecule has 1 fully saturated rings. The molecule has 1 atom stereocenters. The Morgan fingerprint density at radius 2 is 1.78 bits per heavy atom. The van der Waals surface area contributed by atoms with Gasteiger partial charge in [0.1, 0.15) is 0 Å². The SMILES string of the molecule is CCC1(CC)CN(C(C)(C)CC)C(C(C)C)CN1. The van der Waals surface area contributed by atoms with Crippen LogP contribution >= 0.6 is 0 Å². The van der Waals surface area contributed by atoms with E-state index in [0.717, 1.165) is 12.5 Å². The second-order valence-electron chi connectivity index (χ2n) is 6.97. The maximum atomic E-state index is 3.85. The highest BCUT2D eigenvalue weighted by Crippen LogP contribution is 2.32. The highest BCUT2D eigenvalue weighted by molar-refractivity contribution is 5.01. The van der Waals surface area contributed by atoms with Crippen molar-refractivity contribution in [2.75, 3.05) is 13.1 Å². The first-order valence-electron chi connectivity index (χ1n) is 7.83. The summed E-state index contributed by atoms with van der Waals surface area (Å²) in [6, 6.07) is 0.672. The predicted molar refractivity (Wildman–Crippen MR) is 81.0 cm³/mol. The fourth-order valence-corrected chi connectivity index (χ4v) is 3.12. The van der Waals surface area contributed by atoms with E-state index in [2.05, 4.69) is 58.7 Å². The summed E-state index contributed by atoms with van der Waals surface area (Å²) < 4.78 is 0. The molecule has 1 heterocycles. The molecule has 2 nitrogen and oxygen atoms in total. The van der Waals surface area contributed by atoms with E-state index < -0.39 is 0 Å². The molecule has 0 aromatic carbocycles. The first kappa shape index (κ1) is 16.0. The maximum Gasteiger partial charge on any atom is 0.0304 e. The van der Waals surface area contributed by atoms with E-state index in [1.54, 1.807) is 0 Å². The van der Waals surface area contributed by atoms with E-state index in [9.17, 15) is 0 Å². The zero-order chi connectivity index (χ0) is 14.0. The van der Waals surface area contributed by atoms with Gasteiger partial charge >= 0.3 is 0 Å². The Morgan fingerprint density at radius 3 is 2.17 bits per heavy atom.